The van der Waals surface area contributed by atoms with Gasteiger partial charge in [0.15, 0.2) is 0 Å². The molecule has 1 aliphatic rings. The molecule has 1 nitrogen and oxygen atoms in total. The second-order valence-corrected chi connectivity index (χ2v) is 5.25. The molecule has 15 heavy (non-hydrogen) atoms. The highest BCUT2D eigenvalue weighted by Crippen LogP contribution is 2.35. The van der Waals surface area contributed by atoms with Crippen molar-refractivity contribution in [3.63, 3.8) is 0 Å². The molecule has 0 saturated heterocycles. The van der Waals surface area contributed by atoms with Crippen LogP contribution in [0.4, 0.5) is 0 Å². The van der Waals surface area contributed by atoms with E-state index in [2.05, 4.69) is 13.8 Å². The van der Waals surface area contributed by atoms with Crippen LogP contribution in [0.1, 0.15) is 71.6 Å². The summed E-state index contributed by atoms with van der Waals surface area (Å²) in [6, 6.07) is 0. The van der Waals surface area contributed by atoms with Crippen molar-refractivity contribution in [1.29, 1.82) is 0 Å². The molecule has 0 spiro atoms. The Morgan fingerprint density at radius 1 is 1.07 bits per heavy atom. The fourth-order valence-electron chi connectivity index (χ4n) is 2.38. The fraction of sp³-hybridized carbons (Fsp3) is 1.00. The third-order valence-electron chi connectivity index (χ3n) is 3.82. The van der Waals surface area contributed by atoms with Crippen LogP contribution in [-0.4, -0.2) is 11.2 Å². The Morgan fingerprint density at radius 2 is 1.73 bits per heavy atom. The normalized spacial score (nSPS) is 20.2. The topological polar surface area (TPSA) is 20.2 Å². The van der Waals surface area contributed by atoms with Crippen molar-refractivity contribution < 1.29 is 5.11 Å². The van der Waals surface area contributed by atoms with Gasteiger partial charge >= 0.3 is 0 Å². The van der Waals surface area contributed by atoms with E-state index in [1.807, 2.05) is 0 Å². The first-order valence-electron chi connectivity index (χ1n) is 6.96. The number of rotatable bonds is 9. The minimum absolute atomic E-state index is 0.0219. The second-order valence-electron chi connectivity index (χ2n) is 5.25. The molecule has 0 aromatic carbocycles. The predicted octanol–water partition coefficient (Wildman–Crippen LogP) is 4.14. The zero-order chi connectivity index (χ0) is 11.1. The lowest BCUT2D eigenvalue weighted by Gasteiger charge is -2.15. The van der Waals surface area contributed by atoms with Crippen molar-refractivity contribution in [1.82, 2.24) is 0 Å². The Labute approximate surface area is 95.3 Å². The zero-order valence-corrected chi connectivity index (χ0v) is 10.5. The highest BCUT2D eigenvalue weighted by atomic mass is 16.3. The van der Waals surface area contributed by atoms with Gasteiger partial charge in [-0.3, -0.25) is 0 Å². The third kappa shape index (κ3) is 5.55. The fourth-order valence-corrected chi connectivity index (χ4v) is 2.38. The van der Waals surface area contributed by atoms with E-state index in [-0.39, 0.29) is 6.10 Å². The van der Waals surface area contributed by atoms with Crippen molar-refractivity contribution in [3.05, 3.63) is 0 Å². The number of aliphatic hydroxyl groups excluding tert-OH is 1. The zero-order valence-electron chi connectivity index (χ0n) is 10.5. The molecule has 2 unspecified atom stereocenters. The van der Waals surface area contributed by atoms with Gasteiger partial charge in [-0.2, -0.15) is 0 Å². The third-order valence-corrected chi connectivity index (χ3v) is 3.82. The Morgan fingerprint density at radius 3 is 2.27 bits per heavy atom. The Balaban J connectivity index is 1.99. The molecule has 0 radical (unpaired) electrons. The van der Waals surface area contributed by atoms with E-state index in [1.165, 1.54) is 51.4 Å². The van der Waals surface area contributed by atoms with Crippen LogP contribution in [0.15, 0.2) is 0 Å². The standard InChI is InChI=1S/C14H28O/c1-3-5-7-12(4-2)8-6-9-14(15)13-10-11-13/h12-15H,3-11H2,1-2H3. The van der Waals surface area contributed by atoms with Gasteiger partial charge in [-0.15, -0.1) is 0 Å². The molecule has 2 atom stereocenters. The second kappa shape index (κ2) is 7.27. The molecule has 0 aliphatic heterocycles. The van der Waals surface area contributed by atoms with Crippen LogP contribution in [0.25, 0.3) is 0 Å². The molecule has 1 aliphatic carbocycles. The molecule has 90 valence electrons. The van der Waals surface area contributed by atoms with Gasteiger partial charge in [-0.05, 0) is 31.1 Å². The monoisotopic (exact) mass is 212 g/mol. The first kappa shape index (κ1) is 13.0. The largest absolute Gasteiger partial charge is 0.393 e. The molecule has 0 amide bonds. The van der Waals surface area contributed by atoms with E-state index in [9.17, 15) is 5.11 Å². The lowest BCUT2D eigenvalue weighted by Crippen LogP contribution is -2.09. The van der Waals surface area contributed by atoms with Crippen LogP contribution in [0.3, 0.4) is 0 Å². The molecule has 0 aromatic rings. The van der Waals surface area contributed by atoms with Gasteiger partial charge in [0.2, 0.25) is 0 Å². The summed E-state index contributed by atoms with van der Waals surface area (Å²) in [5.41, 5.74) is 0. The maximum Gasteiger partial charge on any atom is 0.0568 e. The molecule has 1 saturated carbocycles. The summed E-state index contributed by atoms with van der Waals surface area (Å²) in [4.78, 5) is 0. The molecule has 0 bridgehead atoms. The SMILES string of the molecule is CCCCC(CC)CCCC(O)C1CC1. The predicted molar refractivity (Wildman–Crippen MR) is 65.9 cm³/mol. The summed E-state index contributed by atoms with van der Waals surface area (Å²) in [5.74, 6) is 1.58. The van der Waals surface area contributed by atoms with Crippen LogP contribution in [0.5, 0.6) is 0 Å². The number of hydrogen-bond acceptors (Lipinski definition) is 1. The van der Waals surface area contributed by atoms with E-state index in [0.717, 1.165) is 12.3 Å². The first-order chi connectivity index (χ1) is 7.27. The van der Waals surface area contributed by atoms with Gasteiger partial charge in [0.05, 0.1) is 6.10 Å². The van der Waals surface area contributed by atoms with Gasteiger partial charge in [0, 0.05) is 0 Å². The molecule has 0 heterocycles. The number of aliphatic hydroxyl groups is 1. The lowest BCUT2D eigenvalue weighted by atomic mass is 9.92. The molecule has 1 N–H and O–H groups in total. The van der Waals surface area contributed by atoms with Gasteiger partial charge in [0.1, 0.15) is 0 Å². The Bertz CT molecular complexity index is 151. The highest BCUT2D eigenvalue weighted by molar-refractivity contribution is 4.80. The number of unbranched alkanes of at least 4 members (excludes halogenated alkanes) is 1. The average Bonchev–Trinajstić information content (AvgIpc) is 3.06. The maximum atomic E-state index is 9.75. The van der Waals surface area contributed by atoms with Gasteiger partial charge in [-0.1, -0.05) is 52.4 Å². The minimum Gasteiger partial charge on any atom is -0.393 e. The average molecular weight is 212 g/mol. The van der Waals surface area contributed by atoms with E-state index in [1.54, 1.807) is 0 Å². The van der Waals surface area contributed by atoms with Crippen molar-refractivity contribution in [3.8, 4) is 0 Å². The summed E-state index contributed by atoms with van der Waals surface area (Å²) in [6.45, 7) is 4.57. The van der Waals surface area contributed by atoms with Crippen LogP contribution < -0.4 is 0 Å². The lowest BCUT2D eigenvalue weighted by molar-refractivity contribution is 0.135. The summed E-state index contributed by atoms with van der Waals surface area (Å²) in [7, 11) is 0. The van der Waals surface area contributed by atoms with Crippen molar-refractivity contribution in [2.24, 2.45) is 11.8 Å². The van der Waals surface area contributed by atoms with E-state index in [0.29, 0.717) is 5.92 Å². The molecule has 1 fully saturated rings. The van der Waals surface area contributed by atoms with Crippen molar-refractivity contribution in [2.75, 3.05) is 0 Å². The number of hydrogen-bond donors (Lipinski definition) is 1. The van der Waals surface area contributed by atoms with Crippen LogP contribution >= 0.6 is 0 Å². The van der Waals surface area contributed by atoms with Gasteiger partial charge < -0.3 is 5.11 Å². The highest BCUT2D eigenvalue weighted by Gasteiger charge is 2.29. The van der Waals surface area contributed by atoms with Crippen LogP contribution in [-0.2, 0) is 0 Å². The molecular weight excluding hydrogens is 184 g/mol. The van der Waals surface area contributed by atoms with E-state index < -0.39 is 0 Å². The minimum atomic E-state index is 0.0219. The van der Waals surface area contributed by atoms with Crippen molar-refractivity contribution >= 4 is 0 Å². The first-order valence-corrected chi connectivity index (χ1v) is 6.96. The molecular formula is C14H28O. The molecule has 0 aromatic heterocycles. The summed E-state index contributed by atoms with van der Waals surface area (Å²) < 4.78 is 0. The Kier molecular flexibility index (Phi) is 6.31. The molecule has 1 rings (SSSR count). The smallest absolute Gasteiger partial charge is 0.0568 e. The van der Waals surface area contributed by atoms with Crippen molar-refractivity contribution in [2.45, 2.75) is 77.7 Å². The summed E-state index contributed by atoms with van der Waals surface area (Å²) >= 11 is 0. The summed E-state index contributed by atoms with van der Waals surface area (Å²) in [5, 5.41) is 9.75. The van der Waals surface area contributed by atoms with Gasteiger partial charge in [0.25, 0.3) is 0 Å². The summed E-state index contributed by atoms with van der Waals surface area (Å²) in [6.07, 6.45) is 11.6. The maximum absolute atomic E-state index is 9.75. The van der Waals surface area contributed by atoms with E-state index in [4.69, 9.17) is 0 Å². The Hall–Kier alpha value is -0.0400. The van der Waals surface area contributed by atoms with Crippen LogP contribution in [0, 0.1) is 11.8 Å². The molecule has 1 heteroatoms. The van der Waals surface area contributed by atoms with Crippen LogP contribution in [0.2, 0.25) is 0 Å². The van der Waals surface area contributed by atoms with E-state index >= 15 is 0 Å². The van der Waals surface area contributed by atoms with Gasteiger partial charge in [-0.25, -0.2) is 0 Å². The quantitative estimate of drug-likeness (QED) is 0.609.